The average molecular weight is 437 g/mol. The molecule has 0 saturated carbocycles. The van der Waals surface area contributed by atoms with E-state index in [4.69, 9.17) is 9.15 Å². The van der Waals surface area contributed by atoms with Crippen LogP contribution in [0, 0.1) is 12.7 Å². The maximum atomic E-state index is 15.1. The molecule has 0 fully saturated rings. The fourth-order valence-corrected chi connectivity index (χ4v) is 3.74. The Hall–Kier alpha value is -2.72. The van der Waals surface area contributed by atoms with Crippen LogP contribution in [0.3, 0.4) is 0 Å². The van der Waals surface area contributed by atoms with Gasteiger partial charge in [0, 0.05) is 5.56 Å². The highest BCUT2D eigenvalue weighted by atomic mass is 19.1. The van der Waals surface area contributed by atoms with Crippen LogP contribution in [-0.4, -0.2) is 6.61 Å². The summed E-state index contributed by atoms with van der Waals surface area (Å²) in [6.07, 6.45) is 12.7. The lowest BCUT2D eigenvalue weighted by atomic mass is 10.0. The summed E-state index contributed by atoms with van der Waals surface area (Å²) < 4.78 is 26.1. The van der Waals surface area contributed by atoms with E-state index >= 15 is 4.39 Å². The zero-order valence-electron chi connectivity index (χ0n) is 19.2. The normalized spacial score (nSPS) is 11.6. The summed E-state index contributed by atoms with van der Waals surface area (Å²) in [7, 11) is 0. The minimum atomic E-state index is -0.671. The highest BCUT2D eigenvalue weighted by Gasteiger charge is 2.14. The molecule has 170 valence electrons. The number of ether oxygens (including phenoxy) is 1. The van der Waals surface area contributed by atoms with Crippen LogP contribution in [0.4, 0.5) is 4.39 Å². The standard InChI is InChI=1S/C28H33FO3/c1-3-4-5-6-7-8-9-10-11-18-31-20-24-19-23-16-17-25(22-14-12-21(2)13-15-22)27(29)26(23)28(30)32-24/h9-10,12-17,19H,3-8,11,18,20H2,1-2H3/b10-9+. The SMILES string of the molecule is CCCCCCC/C=C/CCOCc1cc2ccc(-c3ccc(C)cc3)c(F)c2c(=O)o1. The van der Waals surface area contributed by atoms with Crippen molar-refractivity contribution in [3.63, 3.8) is 0 Å². The van der Waals surface area contributed by atoms with E-state index in [1.807, 2.05) is 31.2 Å². The minimum Gasteiger partial charge on any atom is -0.425 e. The van der Waals surface area contributed by atoms with Crippen molar-refractivity contribution in [1.29, 1.82) is 0 Å². The van der Waals surface area contributed by atoms with Crippen molar-refractivity contribution in [3.05, 3.63) is 82.2 Å². The highest BCUT2D eigenvalue weighted by molar-refractivity contribution is 5.87. The van der Waals surface area contributed by atoms with Crippen LogP contribution in [0.25, 0.3) is 21.9 Å². The van der Waals surface area contributed by atoms with E-state index in [9.17, 15) is 4.79 Å². The first-order chi connectivity index (χ1) is 15.6. The van der Waals surface area contributed by atoms with E-state index in [1.54, 1.807) is 18.2 Å². The molecule has 4 heteroatoms. The Morgan fingerprint density at radius 2 is 1.72 bits per heavy atom. The maximum absolute atomic E-state index is 15.1. The van der Waals surface area contributed by atoms with Crippen LogP contribution in [0.15, 0.2) is 63.8 Å². The molecule has 3 nitrogen and oxygen atoms in total. The van der Waals surface area contributed by atoms with Crippen LogP contribution in [0.5, 0.6) is 0 Å². The van der Waals surface area contributed by atoms with Gasteiger partial charge in [0.25, 0.3) is 0 Å². The van der Waals surface area contributed by atoms with Gasteiger partial charge >= 0.3 is 5.63 Å². The average Bonchev–Trinajstić information content (AvgIpc) is 2.78. The van der Waals surface area contributed by atoms with Crippen molar-refractivity contribution in [3.8, 4) is 11.1 Å². The van der Waals surface area contributed by atoms with E-state index in [1.165, 1.54) is 32.1 Å². The summed E-state index contributed by atoms with van der Waals surface area (Å²) in [4.78, 5) is 12.5. The number of halogens is 1. The third-order valence-electron chi connectivity index (χ3n) is 5.60. The number of hydrogen-bond donors (Lipinski definition) is 0. The van der Waals surface area contributed by atoms with E-state index < -0.39 is 11.4 Å². The summed E-state index contributed by atoms with van der Waals surface area (Å²) in [5.74, 6) is -0.141. The van der Waals surface area contributed by atoms with Crippen molar-refractivity contribution in [2.75, 3.05) is 6.61 Å². The number of rotatable bonds is 12. The Kier molecular flexibility index (Phi) is 9.24. The van der Waals surface area contributed by atoms with E-state index in [0.29, 0.717) is 23.3 Å². The summed E-state index contributed by atoms with van der Waals surface area (Å²) in [6, 6.07) is 12.7. The first-order valence-electron chi connectivity index (χ1n) is 11.6. The van der Waals surface area contributed by atoms with E-state index in [2.05, 4.69) is 19.1 Å². The van der Waals surface area contributed by atoms with E-state index in [0.717, 1.165) is 24.0 Å². The zero-order chi connectivity index (χ0) is 22.8. The highest BCUT2D eigenvalue weighted by Crippen LogP contribution is 2.28. The molecule has 0 bridgehead atoms. The predicted molar refractivity (Wildman–Crippen MR) is 129 cm³/mol. The van der Waals surface area contributed by atoms with Gasteiger partial charge in [0.1, 0.15) is 23.6 Å². The van der Waals surface area contributed by atoms with Crippen molar-refractivity contribution in [1.82, 2.24) is 0 Å². The molecule has 0 atom stereocenters. The zero-order valence-corrected chi connectivity index (χ0v) is 19.2. The quantitative estimate of drug-likeness (QED) is 0.215. The number of benzene rings is 2. The van der Waals surface area contributed by atoms with Gasteiger partial charge in [-0.1, -0.05) is 86.7 Å². The van der Waals surface area contributed by atoms with Gasteiger partial charge < -0.3 is 9.15 Å². The molecule has 0 saturated heterocycles. The first-order valence-corrected chi connectivity index (χ1v) is 11.6. The smallest absolute Gasteiger partial charge is 0.346 e. The Bertz CT molecular complexity index is 1080. The lowest BCUT2D eigenvalue weighted by Crippen LogP contribution is -2.06. The maximum Gasteiger partial charge on any atom is 0.346 e. The molecule has 0 N–H and O–H groups in total. The molecule has 0 amide bonds. The topological polar surface area (TPSA) is 39.4 Å². The minimum absolute atomic E-state index is 0.0197. The predicted octanol–water partition coefficient (Wildman–Crippen LogP) is 7.73. The molecule has 3 aromatic rings. The van der Waals surface area contributed by atoms with Gasteiger partial charge in [0.15, 0.2) is 0 Å². The molecule has 0 aliphatic heterocycles. The lowest BCUT2D eigenvalue weighted by molar-refractivity contribution is 0.108. The molecule has 3 rings (SSSR count). The monoisotopic (exact) mass is 436 g/mol. The molecule has 0 spiro atoms. The molecular weight excluding hydrogens is 403 g/mol. The van der Waals surface area contributed by atoms with Crippen LogP contribution in [0.2, 0.25) is 0 Å². The molecule has 1 aromatic heterocycles. The molecule has 0 aliphatic rings. The van der Waals surface area contributed by atoms with Crippen LogP contribution >= 0.6 is 0 Å². The van der Waals surface area contributed by atoms with Crippen LogP contribution < -0.4 is 5.63 Å². The summed E-state index contributed by atoms with van der Waals surface area (Å²) in [5.41, 5.74) is 1.55. The third-order valence-corrected chi connectivity index (χ3v) is 5.60. The number of hydrogen-bond acceptors (Lipinski definition) is 3. The molecule has 1 heterocycles. The molecule has 32 heavy (non-hydrogen) atoms. The fourth-order valence-electron chi connectivity index (χ4n) is 3.74. The molecule has 2 aromatic carbocycles. The first kappa shape index (κ1) is 23.9. The van der Waals surface area contributed by atoms with Gasteiger partial charge in [0.05, 0.1) is 6.61 Å². The molecule has 0 aliphatic carbocycles. The van der Waals surface area contributed by atoms with Gasteiger partial charge in [0.2, 0.25) is 0 Å². The van der Waals surface area contributed by atoms with Crippen molar-refractivity contribution in [2.45, 2.75) is 65.4 Å². The van der Waals surface area contributed by atoms with Gasteiger partial charge in [-0.25, -0.2) is 9.18 Å². The Labute approximate surface area is 189 Å². The Balaban J connectivity index is 1.55. The van der Waals surface area contributed by atoms with E-state index in [-0.39, 0.29) is 12.0 Å². The van der Waals surface area contributed by atoms with Crippen molar-refractivity contribution in [2.24, 2.45) is 0 Å². The van der Waals surface area contributed by atoms with Crippen LogP contribution in [0.1, 0.15) is 63.2 Å². The summed E-state index contributed by atoms with van der Waals surface area (Å²) in [5, 5.41) is 0.505. The molecular formula is C28H33FO3. The largest absolute Gasteiger partial charge is 0.425 e. The fraction of sp³-hybridized carbons (Fsp3) is 0.393. The number of fused-ring (bicyclic) bond motifs is 1. The number of aryl methyl sites for hydroxylation is 1. The second-order valence-electron chi connectivity index (χ2n) is 8.27. The van der Waals surface area contributed by atoms with Gasteiger partial charge in [-0.15, -0.1) is 0 Å². The Morgan fingerprint density at radius 3 is 2.50 bits per heavy atom. The second-order valence-corrected chi connectivity index (χ2v) is 8.27. The Morgan fingerprint density at radius 1 is 0.969 bits per heavy atom. The summed E-state index contributed by atoms with van der Waals surface area (Å²) in [6.45, 7) is 4.94. The number of unbranched alkanes of at least 4 members (excludes halogenated alkanes) is 5. The van der Waals surface area contributed by atoms with Crippen molar-refractivity contribution < 1.29 is 13.5 Å². The van der Waals surface area contributed by atoms with Gasteiger partial charge in [-0.05, 0) is 43.2 Å². The molecule has 0 radical (unpaired) electrons. The van der Waals surface area contributed by atoms with Crippen molar-refractivity contribution >= 4 is 10.8 Å². The van der Waals surface area contributed by atoms with Gasteiger partial charge in [-0.2, -0.15) is 0 Å². The third kappa shape index (κ3) is 6.64. The van der Waals surface area contributed by atoms with Crippen LogP contribution in [-0.2, 0) is 11.3 Å². The van der Waals surface area contributed by atoms with Gasteiger partial charge in [-0.3, -0.25) is 0 Å². The lowest BCUT2D eigenvalue weighted by Gasteiger charge is -2.08. The molecule has 0 unspecified atom stereocenters. The number of allylic oxidation sites excluding steroid dienone is 1. The second kappa shape index (κ2) is 12.4. The summed E-state index contributed by atoms with van der Waals surface area (Å²) >= 11 is 0.